The molecule has 0 saturated heterocycles. The molecule has 7 heteroatoms. The molecule has 2 aromatic rings. The highest BCUT2D eigenvalue weighted by atomic mass is 32.2. The van der Waals surface area contributed by atoms with Gasteiger partial charge in [0.2, 0.25) is 0 Å². The fraction of sp³-hybridized carbons (Fsp3) is 0.389. The lowest BCUT2D eigenvalue weighted by atomic mass is 10.0. The van der Waals surface area contributed by atoms with Crippen molar-refractivity contribution in [3.05, 3.63) is 51.4 Å². The number of carbonyl (C=O) groups is 1. The highest BCUT2D eigenvalue weighted by Crippen LogP contribution is 2.22. The number of ether oxygens (including phenoxy) is 2. The summed E-state index contributed by atoms with van der Waals surface area (Å²) in [5, 5.41) is 0.0570. The van der Waals surface area contributed by atoms with E-state index in [1.54, 1.807) is 21.1 Å². The van der Waals surface area contributed by atoms with Crippen molar-refractivity contribution in [2.45, 2.75) is 30.7 Å². The Morgan fingerprint density at radius 3 is 2.72 bits per heavy atom. The summed E-state index contributed by atoms with van der Waals surface area (Å²) in [4.78, 5) is 28.9. The molecule has 2 rings (SSSR count). The number of thioether (sulfide) groups is 1. The molecule has 6 nitrogen and oxygen atoms in total. The Labute approximate surface area is 151 Å². The predicted molar refractivity (Wildman–Crippen MR) is 97.4 cm³/mol. The van der Waals surface area contributed by atoms with Gasteiger partial charge in [0, 0.05) is 24.7 Å². The van der Waals surface area contributed by atoms with Gasteiger partial charge in [-0.2, -0.15) is 0 Å². The third-order valence-electron chi connectivity index (χ3n) is 3.88. The first kappa shape index (κ1) is 19.1. The van der Waals surface area contributed by atoms with Crippen LogP contribution in [0.3, 0.4) is 0 Å². The molecule has 0 spiro atoms. The Morgan fingerprint density at radius 2 is 2.08 bits per heavy atom. The second-order valence-corrected chi connectivity index (χ2v) is 6.94. The first-order valence-electron chi connectivity index (χ1n) is 7.81. The van der Waals surface area contributed by atoms with Crippen LogP contribution >= 0.6 is 11.8 Å². The third kappa shape index (κ3) is 4.42. The number of hydrogen-bond donors (Lipinski definition) is 0. The van der Waals surface area contributed by atoms with Crippen LogP contribution in [0.15, 0.2) is 34.2 Å². The van der Waals surface area contributed by atoms with Gasteiger partial charge in [-0.25, -0.2) is 4.98 Å². The summed E-state index contributed by atoms with van der Waals surface area (Å²) >= 11 is 1.21. The maximum Gasteiger partial charge on any atom is 0.318 e. The summed E-state index contributed by atoms with van der Waals surface area (Å²) in [5.74, 6) is 0.399. The van der Waals surface area contributed by atoms with E-state index in [1.807, 2.05) is 31.2 Å². The van der Waals surface area contributed by atoms with Crippen molar-refractivity contribution in [3.63, 3.8) is 0 Å². The van der Waals surface area contributed by atoms with Gasteiger partial charge in [-0.1, -0.05) is 23.9 Å². The van der Waals surface area contributed by atoms with Gasteiger partial charge in [0.15, 0.2) is 5.16 Å². The van der Waals surface area contributed by atoms with Crippen molar-refractivity contribution in [2.24, 2.45) is 7.05 Å². The lowest BCUT2D eigenvalue weighted by molar-refractivity contribution is -0.139. The zero-order valence-corrected chi connectivity index (χ0v) is 15.8. The molecule has 0 fully saturated rings. The molecule has 0 aliphatic carbocycles. The van der Waals surface area contributed by atoms with E-state index in [9.17, 15) is 9.59 Å². The maximum absolute atomic E-state index is 12.8. The normalized spacial score (nSPS) is 11.9. The van der Waals surface area contributed by atoms with Crippen LogP contribution in [0, 0.1) is 6.92 Å². The molecule has 1 aromatic carbocycles. The van der Waals surface area contributed by atoms with Crippen LogP contribution in [0.2, 0.25) is 0 Å². The summed E-state index contributed by atoms with van der Waals surface area (Å²) in [6.07, 6.45) is 0.472. The van der Waals surface area contributed by atoms with Gasteiger partial charge in [0.25, 0.3) is 5.56 Å². The molecule has 0 aliphatic rings. The second kappa shape index (κ2) is 8.20. The van der Waals surface area contributed by atoms with Crippen molar-refractivity contribution in [2.75, 3.05) is 14.2 Å². The number of benzene rings is 1. The average molecular weight is 362 g/mol. The van der Waals surface area contributed by atoms with Crippen molar-refractivity contribution in [3.8, 4) is 5.75 Å². The number of aromatic nitrogens is 2. The van der Waals surface area contributed by atoms with E-state index in [2.05, 4.69) is 4.98 Å². The summed E-state index contributed by atoms with van der Waals surface area (Å²) in [5.41, 5.74) is 2.15. The molecular weight excluding hydrogens is 340 g/mol. The molecule has 1 heterocycles. The monoisotopic (exact) mass is 362 g/mol. The molecule has 0 unspecified atom stereocenters. The lowest BCUT2D eigenvalue weighted by Gasteiger charge is -2.14. The largest absolute Gasteiger partial charge is 0.497 e. The molecule has 0 amide bonds. The van der Waals surface area contributed by atoms with E-state index < -0.39 is 5.25 Å². The molecular formula is C18H22N2O4S. The van der Waals surface area contributed by atoms with Gasteiger partial charge < -0.3 is 9.47 Å². The Hall–Kier alpha value is -2.28. The fourth-order valence-corrected chi connectivity index (χ4v) is 3.34. The summed E-state index contributed by atoms with van der Waals surface area (Å²) in [7, 11) is 4.62. The van der Waals surface area contributed by atoms with Crippen LogP contribution in [0.4, 0.5) is 0 Å². The first-order valence-corrected chi connectivity index (χ1v) is 8.69. The molecule has 134 valence electrons. The smallest absolute Gasteiger partial charge is 0.318 e. The summed E-state index contributed by atoms with van der Waals surface area (Å²) in [6.45, 7) is 3.53. The molecule has 1 aromatic heterocycles. The van der Waals surface area contributed by atoms with Crippen LogP contribution in [-0.4, -0.2) is 35.0 Å². The van der Waals surface area contributed by atoms with Gasteiger partial charge >= 0.3 is 5.97 Å². The Balaban J connectivity index is 2.34. The molecule has 25 heavy (non-hydrogen) atoms. The first-order chi connectivity index (χ1) is 11.9. The Morgan fingerprint density at radius 1 is 1.36 bits per heavy atom. The standard InChI is InChI=1S/C18H22N2O4S/c1-11-15(10-13-7-6-8-14(9-13)23-4)16(21)20(3)18(19-11)25-12(2)17(22)24-5/h6-9,12H,10H2,1-5H3/t12-/m1/s1. The number of esters is 1. The number of nitrogens with zero attached hydrogens (tertiary/aromatic N) is 2. The van der Waals surface area contributed by atoms with Gasteiger partial charge in [0.1, 0.15) is 11.0 Å². The topological polar surface area (TPSA) is 70.4 Å². The minimum Gasteiger partial charge on any atom is -0.497 e. The fourth-order valence-electron chi connectivity index (χ4n) is 2.40. The van der Waals surface area contributed by atoms with E-state index in [0.29, 0.717) is 22.8 Å². The highest BCUT2D eigenvalue weighted by Gasteiger charge is 2.19. The van der Waals surface area contributed by atoms with E-state index in [0.717, 1.165) is 11.3 Å². The van der Waals surface area contributed by atoms with Crippen LogP contribution in [0.5, 0.6) is 5.75 Å². The highest BCUT2D eigenvalue weighted by molar-refractivity contribution is 8.00. The van der Waals surface area contributed by atoms with Crippen LogP contribution < -0.4 is 10.3 Å². The number of carbonyl (C=O) groups excluding carboxylic acids is 1. The van der Waals surface area contributed by atoms with Gasteiger partial charge in [-0.05, 0) is 31.5 Å². The van der Waals surface area contributed by atoms with Crippen molar-refractivity contribution < 1.29 is 14.3 Å². The predicted octanol–water partition coefficient (Wildman–Crippen LogP) is 2.34. The Bertz CT molecular complexity index is 832. The zero-order valence-electron chi connectivity index (χ0n) is 15.0. The molecule has 0 N–H and O–H groups in total. The van der Waals surface area contributed by atoms with E-state index >= 15 is 0 Å². The minimum atomic E-state index is -0.438. The zero-order chi connectivity index (χ0) is 18.6. The van der Waals surface area contributed by atoms with Gasteiger partial charge in [-0.3, -0.25) is 14.2 Å². The number of methoxy groups -OCH3 is 2. The SMILES string of the molecule is COC(=O)[C@@H](C)Sc1nc(C)c(Cc2cccc(OC)c2)c(=O)n1C. The van der Waals surface area contributed by atoms with Crippen LogP contribution in [0.1, 0.15) is 23.7 Å². The van der Waals surface area contributed by atoms with Crippen LogP contribution in [0.25, 0.3) is 0 Å². The third-order valence-corrected chi connectivity index (χ3v) is 5.00. The summed E-state index contributed by atoms with van der Waals surface area (Å²) in [6, 6.07) is 7.61. The van der Waals surface area contributed by atoms with Crippen molar-refractivity contribution in [1.82, 2.24) is 9.55 Å². The van der Waals surface area contributed by atoms with Crippen molar-refractivity contribution >= 4 is 17.7 Å². The van der Waals surface area contributed by atoms with Gasteiger partial charge in [0.05, 0.1) is 14.2 Å². The number of rotatable bonds is 6. The molecule has 0 saturated carbocycles. The summed E-state index contributed by atoms with van der Waals surface area (Å²) < 4.78 is 11.4. The molecule has 0 radical (unpaired) electrons. The molecule has 0 bridgehead atoms. The minimum absolute atomic E-state index is 0.116. The van der Waals surface area contributed by atoms with Crippen LogP contribution in [-0.2, 0) is 23.0 Å². The maximum atomic E-state index is 12.8. The molecule has 0 aliphatic heterocycles. The number of hydrogen-bond acceptors (Lipinski definition) is 6. The molecule has 1 atom stereocenters. The second-order valence-electron chi connectivity index (χ2n) is 5.63. The van der Waals surface area contributed by atoms with E-state index in [4.69, 9.17) is 9.47 Å². The lowest BCUT2D eigenvalue weighted by Crippen LogP contribution is -2.27. The van der Waals surface area contributed by atoms with E-state index in [1.165, 1.54) is 23.4 Å². The van der Waals surface area contributed by atoms with E-state index in [-0.39, 0.29) is 11.5 Å². The number of aryl methyl sites for hydroxylation is 1. The van der Waals surface area contributed by atoms with Crippen molar-refractivity contribution in [1.29, 1.82) is 0 Å². The average Bonchev–Trinajstić information content (AvgIpc) is 2.62. The quantitative estimate of drug-likeness (QED) is 0.446. The Kier molecular flexibility index (Phi) is 6.25. The van der Waals surface area contributed by atoms with Gasteiger partial charge in [-0.15, -0.1) is 0 Å².